The third-order valence-electron chi connectivity index (χ3n) is 4.57. The van der Waals surface area contributed by atoms with Crippen LogP contribution in [0.1, 0.15) is 83.5 Å². The van der Waals surface area contributed by atoms with Gasteiger partial charge < -0.3 is 18.4 Å². The van der Waals surface area contributed by atoms with E-state index in [-0.39, 0.29) is 0 Å². The fraction of sp³-hybridized carbons (Fsp3) is 1.00. The van der Waals surface area contributed by atoms with Crippen LogP contribution in [0.3, 0.4) is 0 Å². The monoisotopic (exact) mass is 348 g/mol. The molecule has 0 bridgehead atoms. The van der Waals surface area contributed by atoms with Crippen LogP contribution in [0.5, 0.6) is 0 Å². The minimum absolute atomic E-state index is 0.353. The average Bonchev–Trinajstić information content (AvgIpc) is 2.59. The maximum absolute atomic E-state index is 8.70. The van der Waals surface area contributed by atoms with Crippen LogP contribution in [0.4, 0.5) is 0 Å². The van der Waals surface area contributed by atoms with Crippen molar-refractivity contribution in [1.29, 1.82) is 0 Å². The highest BCUT2D eigenvalue weighted by Gasteiger charge is 2.36. The molecule has 0 amide bonds. The Bertz CT molecular complexity index is 227. The van der Waals surface area contributed by atoms with Gasteiger partial charge in [-0.1, -0.05) is 70.6 Å². The van der Waals surface area contributed by atoms with Crippen molar-refractivity contribution in [1.82, 2.24) is 0 Å². The lowest BCUT2D eigenvalue weighted by atomic mass is 10.0. The van der Waals surface area contributed by atoms with E-state index in [4.69, 9.17) is 18.4 Å². The zero-order valence-electron chi connectivity index (χ0n) is 15.8. The summed E-state index contributed by atoms with van der Waals surface area (Å²) in [7, 11) is 2.73. The van der Waals surface area contributed by atoms with Crippen LogP contribution in [0, 0.1) is 0 Å². The molecule has 0 unspecified atom stereocenters. The molecule has 0 saturated carbocycles. The Morgan fingerprint density at radius 3 is 1.13 bits per heavy atom. The van der Waals surface area contributed by atoms with E-state index in [2.05, 4.69) is 0 Å². The quantitative estimate of drug-likeness (QED) is 0.282. The molecule has 0 aromatic heterocycles. The molecule has 0 aromatic carbocycles. The Morgan fingerprint density at radius 2 is 0.826 bits per heavy atom. The summed E-state index contributed by atoms with van der Waals surface area (Å²) in [5.74, 6) is 0. The van der Waals surface area contributed by atoms with Crippen LogP contribution < -0.4 is 0 Å². The molecule has 0 fully saturated rings. The van der Waals surface area contributed by atoms with Gasteiger partial charge in [0, 0.05) is 34.0 Å². The fourth-order valence-corrected chi connectivity index (χ4v) is 4.75. The molecule has 0 atom stereocenters. The third-order valence-corrected chi connectivity index (χ3v) is 7.41. The van der Waals surface area contributed by atoms with Gasteiger partial charge in [0.25, 0.3) is 0 Å². The maximum atomic E-state index is 8.70. The van der Waals surface area contributed by atoms with Crippen molar-refractivity contribution in [2.45, 2.75) is 89.5 Å². The minimum Gasteiger partial charge on any atom is -0.396 e. The summed E-state index contributed by atoms with van der Waals surface area (Å²) in [6.07, 6.45) is 16.7. The van der Waals surface area contributed by atoms with Gasteiger partial charge in [0.1, 0.15) is 0 Å². The Balaban J connectivity index is 3.25. The molecule has 1 N–H and O–H groups in total. The molecule has 0 aliphatic rings. The number of hydrogen-bond acceptors (Lipinski definition) is 4. The van der Waals surface area contributed by atoms with Gasteiger partial charge in [0.2, 0.25) is 0 Å². The molecule has 0 saturated heterocycles. The molecule has 0 spiro atoms. The van der Waals surface area contributed by atoms with Crippen molar-refractivity contribution in [2.24, 2.45) is 0 Å². The highest BCUT2D eigenvalue weighted by atomic mass is 28.4. The molecule has 5 heteroatoms. The molecule has 0 aromatic rings. The molecular weight excluding hydrogens is 308 g/mol. The summed E-state index contributed by atoms with van der Waals surface area (Å²) in [4.78, 5) is 0. The molecule has 0 aliphatic heterocycles. The van der Waals surface area contributed by atoms with E-state index in [1.54, 1.807) is 21.3 Å². The van der Waals surface area contributed by atoms with Crippen molar-refractivity contribution in [3.05, 3.63) is 0 Å². The Hall–Kier alpha value is 0.0569. The molecule has 0 aliphatic carbocycles. The zero-order valence-corrected chi connectivity index (χ0v) is 16.8. The summed E-state index contributed by atoms with van der Waals surface area (Å²) in [6.45, 7) is 0.353. The Labute approximate surface area is 145 Å². The first kappa shape index (κ1) is 23.1. The van der Waals surface area contributed by atoms with Gasteiger partial charge in [-0.2, -0.15) is 0 Å². The first-order chi connectivity index (χ1) is 11.2. The lowest BCUT2D eigenvalue weighted by molar-refractivity contribution is 0.122. The second-order valence-electron chi connectivity index (χ2n) is 6.37. The Kier molecular flexibility index (Phi) is 16.9. The largest absolute Gasteiger partial charge is 0.500 e. The smallest absolute Gasteiger partial charge is 0.396 e. The lowest BCUT2D eigenvalue weighted by Gasteiger charge is -2.24. The van der Waals surface area contributed by atoms with Crippen LogP contribution in [-0.2, 0) is 13.3 Å². The van der Waals surface area contributed by atoms with E-state index >= 15 is 0 Å². The summed E-state index contributed by atoms with van der Waals surface area (Å²) in [5, 5.41) is 8.70. The second kappa shape index (κ2) is 16.9. The van der Waals surface area contributed by atoms with E-state index in [9.17, 15) is 0 Å². The van der Waals surface area contributed by atoms with Crippen LogP contribution in [0.15, 0.2) is 0 Å². The highest BCUT2D eigenvalue weighted by molar-refractivity contribution is 6.60. The predicted octanol–water partition coefficient (Wildman–Crippen LogP) is 4.93. The summed E-state index contributed by atoms with van der Waals surface area (Å²) >= 11 is 0. The van der Waals surface area contributed by atoms with Crippen molar-refractivity contribution in [3.8, 4) is 0 Å². The van der Waals surface area contributed by atoms with Gasteiger partial charge in [0.15, 0.2) is 0 Å². The van der Waals surface area contributed by atoms with Crippen molar-refractivity contribution in [3.63, 3.8) is 0 Å². The van der Waals surface area contributed by atoms with Gasteiger partial charge >= 0.3 is 8.80 Å². The Morgan fingerprint density at radius 1 is 0.522 bits per heavy atom. The molecule has 4 nitrogen and oxygen atoms in total. The van der Waals surface area contributed by atoms with Crippen LogP contribution in [0.25, 0.3) is 0 Å². The normalized spacial score (nSPS) is 12.0. The lowest BCUT2D eigenvalue weighted by Crippen LogP contribution is -2.42. The van der Waals surface area contributed by atoms with E-state index in [0.717, 1.165) is 18.9 Å². The number of rotatable bonds is 18. The highest BCUT2D eigenvalue weighted by Crippen LogP contribution is 2.18. The van der Waals surface area contributed by atoms with Crippen molar-refractivity contribution >= 4 is 8.80 Å². The number of unbranched alkanes of at least 4 members (excludes halogenated alkanes) is 12. The van der Waals surface area contributed by atoms with Gasteiger partial charge in [-0.05, 0) is 12.8 Å². The van der Waals surface area contributed by atoms with Gasteiger partial charge in [-0.25, -0.2) is 0 Å². The molecule has 140 valence electrons. The molecule has 23 heavy (non-hydrogen) atoms. The summed E-state index contributed by atoms with van der Waals surface area (Å²) < 4.78 is 16.3. The number of hydrogen-bond donors (Lipinski definition) is 1. The zero-order chi connectivity index (χ0) is 17.2. The summed E-state index contributed by atoms with van der Waals surface area (Å²) in [5.41, 5.74) is 0. The van der Waals surface area contributed by atoms with Crippen LogP contribution in [-0.4, -0.2) is 41.8 Å². The van der Waals surface area contributed by atoms with E-state index < -0.39 is 8.80 Å². The molecular formula is C18H40O4Si. The molecule has 0 heterocycles. The molecule has 0 rings (SSSR count). The van der Waals surface area contributed by atoms with E-state index in [1.165, 1.54) is 70.6 Å². The second-order valence-corrected chi connectivity index (χ2v) is 9.46. The van der Waals surface area contributed by atoms with Crippen molar-refractivity contribution in [2.75, 3.05) is 27.9 Å². The fourth-order valence-electron chi connectivity index (χ4n) is 2.95. The van der Waals surface area contributed by atoms with E-state index in [1.807, 2.05) is 0 Å². The van der Waals surface area contributed by atoms with Crippen LogP contribution in [0.2, 0.25) is 6.04 Å². The third kappa shape index (κ3) is 13.1. The first-order valence-electron chi connectivity index (χ1n) is 9.51. The van der Waals surface area contributed by atoms with Gasteiger partial charge in [-0.15, -0.1) is 0 Å². The topological polar surface area (TPSA) is 47.9 Å². The van der Waals surface area contributed by atoms with Crippen LogP contribution >= 0.6 is 0 Å². The number of aliphatic hydroxyl groups is 1. The minimum atomic E-state index is -2.33. The van der Waals surface area contributed by atoms with Gasteiger partial charge in [-0.3, -0.25) is 0 Å². The summed E-state index contributed by atoms with van der Waals surface area (Å²) in [6, 6.07) is 0.923. The molecule has 0 radical (unpaired) electrons. The maximum Gasteiger partial charge on any atom is 0.500 e. The number of aliphatic hydroxyl groups excluding tert-OH is 1. The van der Waals surface area contributed by atoms with E-state index in [0.29, 0.717) is 6.61 Å². The van der Waals surface area contributed by atoms with Gasteiger partial charge in [0.05, 0.1) is 0 Å². The van der Waals surface area contributed by atoms with Crippen molar-refractivity contribution < 1.29 is 18.4 Å². The average molecular weight is 349 g/mol. The SMILES string of the molecule is CO[Si](CCCCCCCCCCCCCCCO)(OC)OC. The standard InChI is InChI=1S/C18H40O4Si/c1-20-23(21-2,22-3)18-16-14-12-10-8-6-4-5-7-9-11-13-15-17-19/h19H,4-18H2,1-3H3. The first-order valence-corrected chi connectivity index (χ1v) is 11.4. The predicted molar refractivity (Wildman–Crippen MR) is 98.7 cm³/mol.